The minimum Gasteiger partial charge on any atom is -0.494 e. The van der Waals surface area contributed by atoms with Crippen LogP contribution in [0.2, 0.25) is 5.02 Å². The molecular weight excluding hydrogens is 510 g/mol. The number of amides is 2. The quantitative estimate of drug-likeness (QED) is 0.451. The smallest absolute Gasteiger partial charge is 0.415 e. The number of hydrogen-bond donors (Lipinski definition) is 1. The molecule has 2 saturated heterocycles. The third kappa shape index (κ3) is 4.42. The van der Waals surface area contributed by atoms with Gasteiger partial charge in [0.1, 0.15) is 23.5 Å². The summed E-state index contributed by atoms with van der Waals surface area (Å²) in [6.45, 7) is 9.70. The van der Waals surface area contributed by atoms with E-state index in [4.69, 9.17) is 25.8 Å². The number of methoxy groups -OCH3 is 1. The first-order valence-corrected chi connectivity index (χ1v) is 12.7. The molecule has 2 atom stereocenters. The summed E-state index contributed by atoms with van der Waals surface area (Å²) in [5.41, 5.74) is 1.38. The number of likely N-dealkylation sites (tertiary alicyclic amines) is 1. The monoisotopic (exact) mass is 539 g/mol. The van der Waals surface area contributed by atoms with Crippen LogP contribution in [0, 0.1) is 6.92 Å². The first kappa shape index (κ1) is 25.8. The van der Waals surface area contributed by atoms with Gasteiger partial charge in [0, 0.05) is 22.2 Å². The third-order valence-corrected chi connectivity index (χ3v) is 7.39. The van der Waals surface area contributed by atoms with Gasteiger partial charge in [0.2, 0.25) is 0 Å². The fraction of sp³-hybridized carbons (Fsp3) is 0.407. The molecular formula is C27H30ClN5O5. The molecule has 10 nitrogen and oxygen atoms in total. The molecule has 11 heteroatoms. The minimum absolute atomic E-state index is 0.241. The molecule has 2 aliphatic rings. The lowest BCUT2D eigenvalue weighted by Gasteiger charge is -2.51. The number of fused-ring (bicyclic) bond motifs is 1. The molecule has 0 bridgehead atoms. The van der Waals surface area contributed by atoms with E-state index >= 15 is 0 Å². The lowest BCUT2D eigenvalue weighted by atomic mass is 9.84. The van der Waals surface area contributed by atoms with Crippen molar-refractivity contribution in [3.05, 3.63) is 47.2 Å². The summed E-state index contributed by atoms with van der Waals surface area (Å²) in [6, 6.07) is 8.81. The fourth-order valence-electron chi connectivity index (χ4n) is 4.77. The Morgan fingerprint density at radius 2 is 2.00 bits per heavy atom. The maximum Gasteiger partial charge on any atom is 0.415 e. The second kappa shape index (κ2) is 9.20. The van der Waals surface area contributed by atoms with Gasteiger partial charge in [0.05, 0.1) is 37.4 Å². The van der Waals surface area contributed by atoms with Crippen LogP contribution in [0.3, 0.4) is 0 Å². The molecule has 1 aromatic heterocycles. The van der Waals surface area contributed by atoms with Crippen molar-refractivity contribution in [3.63, 3.8) is 0 Å². The van der Waals surface area contributed by atoms with Crippen LogP contribution >= 0.6 is 11.6 Å². The lowest BCUT2D eigenvalue weighted by molar-refractivity contribution is -0.117. The summed E-state index contributed by atoms with van der Waals surface area (Å²) < 4.78 is 17.0. The number of hydrogen-bond acceptors (Lipinski definition) is 8. The summed E-state index contributed by atoms with van der Waals surface area (Å²) in [6.07, 6.45) is 0.511. The largest absolute Gasteiger partial charge is 0.494 e. The van der Waals surface area contributed by atoms with Crippen LogP contribution < -0.4 is 15.0 Å². The topological polar surface area (TPSA) is 106 Å². The van der Waals surface area contributed by atoms with Gasteiger partial charge in [-0.25, -0.2) is 19.6 Å². The van der Waals surface area contributed by atoms with E-state index in [2.05, 4.69) is 15.3 Å². The molecule has 2 aromatic carbocycles. The summed E-state index contributed by atoms with van der Waals surface area (Å²) in [5.74, 6) is 1.02. The van der Waals surface area contributed by atoms with Crippen molar-refractivity contribution < 1.29 is 23.8 Å². The van der Waals surface area contributed by atoms with Crippen molar-refractivity contribution in [2.24, 2.45) is 0 Å². The SMILES string of the molecule is COc1cc2ncnc(Nc3cccc(Cl)c3C)c2cc1N1CC2(CN(C(=O)OC(C)(C)C)C2C)OC1=O. The Balaban J connectivity index is 1.46. The normalized spacial score (nSPS) is 20.9. The number of rotatable bonds is 4. The van der Waals surface area contributed by atoms with Crippen molar-refractivity contribution >= 4 is 51.9 Å². The molecule has 38 heavy (non-hydrogen) atoms. The molecule has 2 aliphatic heterocycles. The van der Waals surface area contributed by atoms with E-state index in [1.807, 2.05) is 58.9 Å². The molecule has 2 fully saturated rings. The Morgan fingerprint density at radius 3 is 2.68 bits per heavy atom. The molecule has 0 aliphatic carbocycles. The number of aromatic nitrogens is 2. The Bertz CT molecular complexity index is 1440. The van der Waals surface area contributed by atoms with Crippen LogP contribution in [0.15, 0.2) is 36.7 Å². The average molecular weight is 540 g/mol. The van der Waals surface area contributed by atoms with Crippen LogP contribution in [0.1, 0.15) is 33.3 Å². The number of carbonyl (C=O) groups is 2. The van der Waals surface area contributed by atoms with E-state index in [-0.39, 0.29) is 19.1 Å². The average Bonchev–Trinajstić information content (AvgIpc) is 3.22. The van der Waals surface area contributed by atoms with E-state index in [0.717, 1.165) is 11.3 Å². The molecule has 1 spiro atoms. The summed E-state index contributed by atoms with van der Waals surface area (Å²) in [7, 11) is 1.54. The number of ether oxygens (including phenoxy) is 3. The van der Waals surface area contributed by atoms with Crippen LogP contribution in [0.25, 0.3) is 10.9 Å². The number of nitrogens with zero attached hydrogens (tertiary/aromatic N) is 4. The van der Waals surface area contributed by atoms with Crippen molar-refractivity contribution in [2.45, 2.75) is 51.9 Å². The number of anilines is 3. The van der Waals surface area contributed by atoms with Gasteiger partial charge in [-0.05, 0) is 58.4 Å². The molecule has 2 amide bonds. The van der Waals surface area contributed by atoms with Gasteiger partial charge in [0.15, 0.2) is 5.60 Å². The zero-order valence-electron chi connectivity index (χ0n) is 22.2. The summed E-state index contributed by atoms with van der Waals surface area (Å²) >= 11 is 6.30. The van der Waals surface area contributed by atoms with Gasteiger partial charge in [-0.2, -0.15) is 0 Å². The summed E-state index contributed by atoms with van der Waals surface area (Å²) in [4.78, 5) is 37.7. The van der Waals surface area contributed by atoms with E-state index < -0.39 is 23.4 Å². The second-order valence-corrected chi connectivity index (χ2v) is 11.0. The molecule has 1 N–H and O–H groups in total. The molecule has 5 rings (SSSR count). The lowest BCUT2D eigenvalue weighted by Crippen LogP contribution is -2.72. The third-order valence-electron chi connectivity index (χ3n) is 6.98. The number of benzene rings is 2. The Labute approximate surface area is 225 Å². The van der Waals surface area contributed by atoms with E-state index in [1.165, 1.54) is 18.3 Å². The van der Waals surface area contributed by atoms with Crippen molar-refractivity contribution in [2.75, 3.05) is 30.4 Å². The Hall–Kier alpha value is -3.79. The zero-order valence-corrected chi connectivity index (χ0v) is 22.9. The first-order chi connectivity index (χ1) is 17.9. The molecule has 0 radical (unpaired) electrons. The van der Waals surface area contributed by atoms with Gasteiger partial charge < -0.3 is 19.5 Å². The maximum atomic E-state index is 13.1. The predicted molar refractivity (Wildman–Crippen MR) is 145 cm³/mol. The van der Waals surface area contributed by atoms with E-state index in [0.29, 0.717) is 33.2 Å². The standard InChI is InChI=1S/C27H30ClN5O5/c1-15-18(28)8-7-9-19(15)31-23-17-10-21(22(36-6)11-20(17)29-14-30-23)33-13-27(38-25(33)35)12-32(16(27)2)24(34)37-26(3,4)5/h7-11,14,16H,12-13H2,1-6H3,(H,29,30,31). The van der Waals surface area contributed by atoms with Gasteiger partial charge in [0.25, 0.3) is 0 Å². The van der Waals surface area contributed by atoms with Gasteiger partial charge in [-0.1, -0.05) is 17.7 Å². The van der Waals surface area contributed by atoms with Gasteiger partial charge >= 0.3 is 12.2 Å². The number of carbonyl (C=O) groups excluding carboxylic acids is 2. The highest BCUT2D eigenvalue weighted by atomic mass is 35.5. The summed E-state index contributed by atoms with van der Waals surface area (Å²) in [5, 5.41) is 4.66. The van der Waals surface area contributed by atoms with E-state index in [9.17, 15) is 9.59 Å². The highest BCUT2D eigenvalue weighted by molar-refractivity contribution is 6.31. The van der Waals surface area contributed by atoms with Crippen LogP contribution in [0.4, 0.5) is 26.8 Å². The Morgan fingerprint density at radius 1 is 1.24 bits per heavy atom. The van der Waals surface area contributed by atoms with Crippen LogP contribution in [-0.2, 0) is 9.47 Å². The van der Waals surface area contributed by atoms with E-state index in [1.54, 1.807) is 11.0 Å². The molecule has 200 valence electrons. The Kier molecular flexibility index (Phi) is 6.25. The highest BCUT2D eigenvalue weighted by Crippen LogP contribution is 2.44. The number of halogens is 1. The molecule has 2 unspecified atom stereocenters. The molecule has 3 heterocycles. The minimum atomic E-state index is -0.847. The molecule has 0 saturated carbocycles. The molecule has 3 aromatic rings. The first-order valence-electron chi connectivity index (χ1n) is 12.3. The van der Waals surface area contributed by atoms with Gasteiger partial charge in [-0.3, -0.25) is 9.80 Å². The second-order valence-electron chi connectivity index (χ2n) is 10.6. The van der Waals surface area contributed by atoms with Crippen molar-refractivity contribution in [3.8, 4) is 5.75 Å². The fourth-order valence-corrected chi connectivity index (χ4v) is 4.94. The predicted octanol–water partition coefficient (Wildman–Crippen LogP) is 5.68. The van der Waals surface area contributed by atoms with Crippen LogP contribution in [-0.4, -0.2) is 64.5 Å². The van der Waals surface area contributed by atoms with Crippen molar-refractivity contribution in [1.29, 1.82) is 0 Å². The highest BCUT2D eigenvalue weighted by Gasteiger charge is 2.61. The van der Waals surface area contributed by atoms with Crippen LogP contribution in [0.5, 0.6) is 5.75 Å². The zero-order chi connectivity index (χ0) is 27.4. The number of nitrogens with one attached hydrogen (secondary N) is 1. The maximum absolute atomic E-state index is 13.1. The van der Waals surface area contributed by atoms with Crippen molar-refractivity contribution in [1.82, 2.24) is 14.9 Å². The van der Waals surface area contributed by atoms with Gasteiger partial charge in [-0.15, -0.1) is 0 Å².